The minimum absolute atomic E-state index is 0.526. The molecule has 0 aliphatic carbocycles. The van der Waals surface area contributed by atoms with Crippen LogP contribution in [0.3, 0.4) is 0 Å². The number of hydrogen-bond donors (Lipinski definition) is 2. The fourth-order valence-corrected chi connectivity index (χ4v) is 3.76. The van der Waals surface area contributed by atoms with Crippen molar-refractivity contribution in [3.63, 3.8) is 0 Å². The van der Waals surface area contributed by atoms with Gasteiger partial charge in [-0.1, -0.05) is 6.07 Å². The molecule has 0 saturated heterocycles. The van der Waals surface area contributed by atoms with Crippen LogP contribution in [0.5, 0.6) is 0 Å². The molecule has 2 N–H and O–H groups in total. The van der Waals surface area contributed by atoms with Crippen LogP contribution in [0.15, 0.2) is 45.9 Å². The van der Waals surface area contributed by atoms with Gasteiger partial charge >= 0.3 is 0 Å². The van der Waals surface area contributed by atoms with Crippen LogP contribution in [0.25, 0.3) is 0 Å². The quantitative estimate of drug-likeness (QED) is 0.805. The van der Waals surface area contributed by atoms with E-state index in [1.807, 2.05) is 30.9 Å². The lowest BCUT2D eigenvalue weighted by molar-refractivity contribution is 0.555. The Kier molecular flexibility index (Phi) is 4.85. The molecule has 0 amide bonds. The largest absolute Gasteiger partial charge is 0.463 e. The zero-order valence-corrected chi connectivity index (χ0v) is 13.6. The summed E-state index contributed by atoms with van der Waals surface area (Å²) in [6.45, 7) is 3.13. The molecule has 116 valence electrons. The fraction of sp³-hybridized carbons (Fsp3) is 0.353. The Labute approximate surface area is 135 Å². The molecule has 0 saturated carbocycles. The van der Waals surface area contributed by atoms with Crippen LogP contribution in [0.4, 0.5) is 5.69 Å². The molecule has 22 heavy (non-hydrogen) atoms. The van der Waals surface area contributed by atoms with Crippen molar-refractivity contribution in [3.8, 4) is 0 Å². The molecule has 2 heterocycles. The van der Waals surface area contributed by atoms with Crippen molar-refractivity contribution in [2.45, 2.75) is 11.3 Å². The Balaban J connectivity index is 1.74. The second kappa shape index (κ2) is 7.03. The average molecular weight is 315 g/mol. The number of rotatable bonds is 6. The van der Waals surface area contributed by atoms with Crippen molar-refractivity contribution < 1.29 is 4.42 Å². The normalized spacial score (nSPS) is 14.0. The number of hydrogen-bond acceptors (Lipinski definition) is 5. The predicted octanol–water partition coefficient (Wildman–Crippen LogP) is 3.02. The van der Waals surface area contributed by atoms with Gasteiger partial charge in [-0.05, 0) is 36.9 Å². The monoisotopic (exact) mass is 315 g/mol. The summed E-state index contributed by atoms with van der Waals surface area (Å²) in [5.74, 6) is 1.77. The van der Waals surface area contributed by atoms with Crippen molar-refractivity contribution in [2.24, 2.45) is 0 Å². The lowest BCUT2D eigenvalue weighted by atomic mass is 10.1. The fourth-order valence-electron chi connectivity index (χ4n) is 2.65. The second-order valence-electron chi connectivity index (χ2n) is 5.37. The number of furan rings is 1. The van der Waals surface area contributed by atoms with Crippen molar-refractivity contribution in [2.75, 3.05) is 37.3 Å². The molecular weight excluding hydrogens is 294 g/mol. The van der Waals surface area contributed by atoms with Gasteiger partial charge in [-0.2, -0.15) is 0 Å². The molecule has 0 spiro atoms. The third-order valence-corrected chi connectivity index (χ3v) is 4.84. The Bertz CT molecular complexity index is 639. The number of nitrogens with one attached hydrogen (secondary N) is 2. The van der Waals surface area contributed by atoms with Crippen LogP contribution >= 0.6 is 11.8 Å². The minimum Gasteiger partial charge on any atom is -0.463 e. The first-order valence-electron chi connectivity index (χ1n) is 7.54. The standard InChI is InChI=1S/C17H21N3OS/c1-19-6-7-20-8-10-22-17-12-13(4-5-15(17)20)11-14(18)16-3-2-9-21-16/h2-5,9,12,18-19H,6-8,10-11H2,1H3. The van der Waals surface area contributed by atoms with Gasteiger partial charge in [0.2, 0.25) is 0 Å². The molecule has 1 aromatic heterocycles. The highest BCUT2D eigenvalue weighted by atomic mass is 32.2. The van der Waals surface area contributed by atoms with E-state index in [0.29, 0.717) is 17.9 Å². The first-order valence-corrected chi connectivity index (χ1v) is 8.53. The maximum atomic E-state index is 8.14. The van der Waals surface area contributed by atoms with Crippen LogP contribution in [0.2, 0.25) is 0 Å². The topological polar surface area (TPSA) is 52.3 Å². The second-order valence-corrected chi connectivity index (χ2v) is 6.51. The third kappa shape index (κ3) is 3.36. The van der Waals surface area contributed by atoms with Crippen molar-refractivity contribution in [1.82, 2.24) is 5.32 Å². The molecule has 1 aliphatic heterocycles. The molecule has 0 unspecified atom stereocenters. The van der Waals surface area contributed by atoms with Gasteiger partial charge in [-0.3, -0.25) is 0 Å². The summed E-state index contributed by atoms with van der Waals surface area (Å²) < 4.78 is 5.30. The van der Waals surface area contributed by atoms with E-state index in [2.05, 4.69) is 28.4 Å². The first-order chi connectivity index (χ1) is 10.8. The highest BCUT2D eigenvalue weighted by Gasteiger charge is 2.17. The molecule has 1 aliphatic rings. The lowest BCUT2D eigenvalue weighted by Gasteiger charge is -2.31. The molecular formula is C17H21N3OS. The van der Waals surface area contributed by atoms with Crippen LogP contribution in [0, 0.1) is 5.41 Å². The van der Waals surface area contributed by atoms with Crippen molar-refractivity contribution in [1.29, 1.82) is 5.41 Å². The Morgan fingerprint density at radius 2 is 2.32 bits per heavy atom. The molecule has 0 radical (unpaired) electrons. The summed E-state index contributed by atoms with van der Waals surface area (Å²) >= 11 is 1.91. The van der Waals surface area contributed by atoms with Gasteiger partial charge in [0.25, 0.3) is 0 Å². The number of nitrogens with zero attached hydrogens (tertiary/aromatic N) is 1. The molecule has 5 heteroatoms. The highest BCUT2D eigenvalue weighted by molar-refractivity contribution is 7.99. The van der Waals surface area contributed by atoms with Gasteiger partial charge in [0, 0.05) is 36.7 Å². The summed E-state index contributed by atoms with van der Waals surface area (Å²) in [6, 6.07) is 10.2. The average Bonchev–Trinajstić information content (AvgIpc) is 3.07. The smallest absolute Gasteiger partial charge is 0.147 e. The molecule has 1 aromatic carbocycles. The first kappa shape index (κ1) is 15.2. The van der Waals surface area contributed by atoms with Gasteiger partial charge < -0.3 is 20.0 Å². The van der Waals surface area contributed by atoms with Gasteiger partial charge in [-0.25, -0.2) is 0 Å². The molecule has 0 atom stereocenters. The molecule has 2 aromatic rings. The van der Waals surface area contributed by atoms with E-state index in [0.717, 1.165) is 25.4 Å². The van der Waals surface area contributed by atoms with E-state index in [1.165, 1.54) is 16.1 Å². The summed E-state index contributed by atoms with van der Waals surface area (Å²) in [7, 11) is 1.99. The van der Waals surface area contributed by atoms with Crippen LogP contribution < -0.4 is 10.2 Å². The van der Waals surface area contributed by atoms with E-state index in [4.69, 9.17) is 9.83 Å². The number of anilines is 1. The van der Waals surface area contributed by atoms with E-state index in [1.54, 1.807) is 6.26 Å². The minimum atomic E-state index is 0.526. The third-order valence-electron chi connectivity index (χ3n) is 3.81. The zero-order chi connectivity index (χ0) is 15.4. The zero-order valence-electron chi connectivity index (χ0n) is 12.8. The SMILES string of the molecule is CNCCN1CCSc2cc(CC(=N)c3ccco3)ccc21. The number of thioether (sulfide) groups is 1. The van der Waals surface area contributed by atoms with Gasteiger partial charge in [-0.15, -0.1) is 11.8 Å². The van der Waals surface area contributed by atoms with Gasteiger partial charge in [0.1, 0.15) is 5.76 Å². The number of benzene rings is 1. The predicted molar refractivity (Wildman–Crippen MR) is 92.5 cm³/mol. The maximum Gasteiger partial charge on any atom is 0.147 e. The van der Waals surface area contributed by atoms with E-state index < -0.39 is 0 Å². The number of fused-ring (bicyclic) bond motifs is 1. The highest BCUT2D eigenvalue weighted by Crippen LogP contribution is 2.35. The summed E-state index contributed by atoms with van der Waals surface area (Å²) in [5.41, 5.74) is 3.01. The Morgan fingerprint density at radius 3 is 3.09 bits per heavy atom. The van der Waals surface area contributed by atoms with Gasteiger partial charge in [0.05, 0.1) is 17.7 Å². The van der Waals surface area contributed by atoms with Crippen LogP contribution in [-0.4, -0.2) is 38.1 Å². The van der Waals surface area contributed by atoms with Crippen LogP contribution in [-0.2, 0) is 6.42 Å². The number of likely N-dealkylation sites (N-methyl/N-ethyl adjacent to an activating group) is 1. The summed E-state index contributed by atoms with van der Waals surface area (Å²) in [4.78, 5) is 3.76. The summed E-state index contributed by atoms with van der Waals surface area (Å²) in [5, 5.41) is 11.3. The maximum absolute atomic E-state index is 8.14. The Hall–Kier alpha value is -1.72. The van der Waals surface area contributed by atoms with E-state index in [9.17, 15) is 0 Å². The van der Waals surface area contributed by atoms with E-state index >= 15 is 0 Å². The van der Waals surface area contributed by atoms with Gasteiger partial charge in [0.15, 0.2) is 0 Å². The molecule has 0 bridgehead atoms. The molecule has 0 fully saturated rings. The van der Waals surface area contributed by atoms with E-state index in [-0.39, 0.29) is 0 Å². The van der Waals surface area contributed by atoms with Crippen LogP contribution in [0.1, 0.15) is 11.3 Å². The van der Waals surface area contributed by atoms with Crippen molar-refractivity contribution in [3.05, 3.63) is 47.9 Å². The lowest BCUT2D eigenvalue weighted by Crippen LogP contribution is -2.34. The molecule has 3 rings (SSSR count). The Morgan fingerprint density at radius 1 is 1.41 bits per heavy atom. The van der Waals surface area contributed by atoms with Crippen molar-refractivity contribution >= 4 is 23.2 Å². The summed E-state index contributed by atoms with van der Waals surface area (Å²) in [6.07, 6.45) is 2.23. The molecule has 4 nitrogen and oxygen atoms in total.